The number of aromatic nitrogens is 3. The van der Waals surface area contributed by atoms with Gasteiger partial charge >= 0.3 is 5.76 Å². The van der Waals surface area contributed by atoms with Gasteiger partial charge in [-0.2, -0.15) is 4.98 Å². The highest BCUT2D eigenvalue weighted by Gasteiger charge is 2.23. The normalized spacial score (nSPS) is 16.3. The zero-order chi connectivity index (χ0) is 13.4. The van der Waals surface area contributed by atoms with E-state index >= 15 is 0 Å². The van der Waals surface area contributed by atoms with Crippen molar-refractivity contribution in [2.45, 2.75) is 52.0 Å². The number of aryl methyl sites for hydroxylation is 1. The van der Waals surface area contributed by atoms with E-state index in [4.69, 9.17) is 8.94 Å². The highest BCUT2D eigenvalue weighted by atomic mass is 16.5. The molecule has 0 amide bonds. The molecule has 3 rings (SSSR count). The van der Waals surface area contributed by atoms with E-state index in [0.717, 1.165) is 18.5 Å². The molecule has 102 valence electrons. The summed E-state index contributed by atoms with van der Waals surface area (Å²) in [5.74, 6) is 1.89. The Hall–Kier alpha value is -1.85. The van der Waals surface area contributed by atoms with Crippen LogP contribution >= 0.6 is 0 Å². The first-order valence-corrected chi connectivity index (χ1v) is 6.64. The molecule has 2 aromatic heterocycles. The summed E-state index contributed by atoms with van der Waals surface area (Å²) >= 11 is 0. The lowest BCUT2D eigenvalue weighted by molar-refractivity contribution is 0.349. The van der Waals surface area contributed by atoms with Gasteiger partial charge in [0, 0.05) is 5.92 Å². The summed E-state index contributed by atoms with van der Waals surface area (Å²) in [5, 5.41) is 3.96. The van der Waals surface area contributed by atoms with Crippen LogP contribution in [0.3, 0.4) is 0 Å². The molecule has 1 aliphatic rings. The van der Waals surface area contributed by atoms with Crippen LogP contribution in [0.5, 0.6) is 0 Å². The van der Waals surface area contributed by atoms with Gasteiger partial charge in [-0.3, -0.25) is 4.57 Å². The summed E-state index contributed by atoms with van der Waals surface area (Å²) in [5.41, 5.74) is 0.803. The third kappa shape index (κ3) is 2.22. The quantitative estimate of drug-likeness (QED) is 0.848. The average molecular weight is 263 g/mol. The van der Waals surface area contributed by atoms with Gasteiger partial charge in [0.05, 0.1) is 12.2 Å². The van der Waals surface area contributed by atoms with Crippen LogP contribution in [-0.4, -0.2) is 14.7 Å². The van der Waals surface area contributed by atoms with Crippen molar-refractivity contribution in [1.82, 2.24) is 14.7 Å². The van der Waals surface area contributed by atoms with Crippen LogP contribution in [0, 0.1) is 13.8 Å². The van der Waals surface area contributed by atoms with Gasteiger partial charge in [-0.1, -0.05) is 18.0 Å². The van der Waals surface area contributed by atoms with Gasteiger partial charge in [0.25, 0.3) is 0 Å². The maximum Gasteiger partial charge on any atom is 0.419 e. The summed E-state index contributed by atoms with van der Waals surface area (Å²) in [6.45, 7) is 3.92. The molecule has 0 aromatic carbocycles. The third-order valence-corrected chi connectivity index (χ3v) is 3.86. The minimum atomic E-state index is -0.373. The molecule has 0 unspecified atom stereocenters. The van der Waals surface area contributed by atoms with Crippen LogP contribution in [0.15, 0.2) is 13.7 Å². The van der Waals surface area contributed by atoms with Gasteiger partial charge < -0.3 is 8.94 Å². The fraction of sp³-hybridized carbons (Fsp3) is 0.615. The first kappa shape index (κ1) is 12.2. The summed E-state index contributed by atoms with van der Waals surface area (Å²) in [7, 11) is 0. The van der Waals surface area contributed by atoms with Crippen molar-refractivity contribution >= 4 is 0 Å². The number of oxazole rings is 1. The van der Waals surface area contributed by atoms with Crippen molar-refractivity contribution in [1.29, 1.82) is 0 Å². The molecule has 0 N–H and O–H groups in total. The summed E-state index contributed by atoms with van der Waals surface area (Å²) < 4.78 is 11.9. The van der Waals surface area contributed by atoms with Gasteiger partial charge in [-0.25, -0.2) is 4.79 Å². The molecule has 0 bridgehead atoms. The second-order valence-electron chi connectivity index (χ2n) is 5.13. The minimum Gasteiger partial charge on any atom is -0.413 e. The Morgan fingerprint density at radius 1 is 1.32 bits per heavy atom. The number of hydrogen-bond donors (Lipinski definition) is 0. The molecular weight excluding hydrogens is 246 g/mol. The number of nitrogens with zero attached hydrogens (tertiary/aromatic N) is 3. The van der Waals surface area contributed by atoms with Gasteiger partial charge in [0.2, 0.25) is 5.89 Å². The van der Waals surface area contributed by atoms with E-state index in [0.29, 0.717) is 29.9 Å². The molecule has 0 atom stereocenters. The number of rotatable bonds is 3. The second-order valence-corrected chi connectivity index (χ2v) is 5.13. The lowest BCUT2D eigenvalue weighted by Gasteiger charge is -2.00. The molecule has 19 heavy (non-hydrogen) atoms. The molecule has 2 heterocycles. The third-order valence-electron chi connectivity index (χ3n) is 3.86. The molecule has 6 heteroatoms. The highest BCUT2D eigenvalue weighted by Crippen LogP contribution is 2.32. The lowest BCUT2D eigenvalue weighted by atomic mass is 10.1. The van der Waals surface area contributed by atoms with Crippen LogP contribution < -0.4 is 5.76 Å². The Morgan fingerprint density at radius 3 is 2.68 bits per heavy atom. The van der Waals surface area contributed by atoms with Crippen molar-refractivity contribution in [3.8, 4) is 0 Å². The fourth-order valence-corrected chi connectivity index (χ4v) is 2.58. The summed E-state index contributed by atoms with van der Waals surface area (Å²) in [6, 6.07) is 0. The zero-order valence-electron chi connectivity index (χ0n) is 11.2. The Balaban J connectivity index is 1.82. The monoisotopic (exact) mass is 263 g/mol. The van der Waals surface area contributed by atoms with E-state index < -0.39 is 0 Å². The van der Waals surface area contributed by atoms with Crippen LogP contribution in [0.2, 0.25) is 0 Å². The molecule has 1 saturated carbocycles. The fourth-order valence-electron chi connectivity index (χ4n) is 2.58. The smallest absolute Gasteiger partial charge is 0.413 e. The topological polar surface area (TPSA) is 74.1 Å². The van der Waals surface area contributed by atoms with Gasteiger partial charge in [-0.15, -0.1) is 0 Å². The Labute approximate surface area is 110 Å². The minimum absolute atomic E-state index is 0.304. The van der Waals surface area contributed by atoms with Gasteiger partial charge in [0.15, 0.2) is 5.82 Å². The van der Waals surface area contributed by atoms with Crippen molar-refractivity contribution in [3.63, 3.8) is 0 Å². The highest BCUT2D eigenvalue weighted by molar-refractivity contribution is 5.06. The molecule has 1 aliphatic carbocycles. The standard InChI is InChI=1S/C13H17N3O3/c1-8-9(2)18-13(17)16(8)7-11-14-12(19-15-11)10-5-3-4-6-10/h10H,3-7H2,1-2H3. The molecule has 1 fully saturated rings. The first-order chi connectivity index (χ1) is 9.15. The lowest BCUT2D eigenvalue weighted by Crippen LogP contribution is -2.17. The molecular formula is C13H17N3O3. The van der Waals surface area contributed by atoms with Crippen molar-refractivity contribution in [3.05, 3.63) is 33.7 Å². The Morgan fingerprint density at radius 2 is 2.05 bits per heavy atom. The van der Waals surface area contributed by atoms with Crippen molar-refractivity contribution in [2.75, 3.05) is 0 Å². The molecule has 0 radical (unpaired) electrons. The maximum absolute atomic E-state index is 11.6. The summed E-state index contributed by atoms with van der Waals surface area (Å²) in [6.07, 6.45) is 4.68. The summed E-state index contributed by atoms with van der Waals surface area (Å²) in [4.78, 5) is 16.0. The molecule has 0 spiro atoms. The SMILES string of the molecule is Cc1oc(=O)n(Cc2noc(C3CCCC3)n2)c1C. The first-order valence-electron chi connectivity index (χ1n) is 6.64. The van der Waals surface area contributed by atoms with Crippen molar-refractivity contribution < 1.29 is 8.94 Å². The van der Waals surface area contributed by atoms with Crippen LogP contribution in [-0.2, 0) is 6.54 Å². The molecule has 6 nitrogen and oxygen atoms in total. The van der Waals surface area contributed by atoms with E-state index in [2.05, 4.69) is 10.1 Å². The number of hydrogen-bond acceptors (Lipinski definition) is 5. The van der Waals surface area contributed by atoms with Gasteiger partial charge in [0.1, 0.15) is 5.76 Å². The molecule has 2 aromatic rings. The van der Waals surface area contributed by atoms with E-state index in [9.17, 15) is 4.79 Å². The molecule has 0 saturated heterocycles. The Bertz CT molecular complexity index is 632. The maximum atomic E-state index is 11.6. The van der Waals surface area contributed by atoms with Gasteiger partial charge in [-0.05, 0) is 26.7 Å². The second kappa shape index (κ2) is 4.68. The predicted molar refractivity (Wildman–Crippen MR) is 67.1 cm³/mol. The van der Waals surface area contributed by atoms with Crippen LogP contribution in [0.25, 0.3) is 0 Å². The zero-order valence-corrected chi connectivity index (χ0v) is 11.2. The molecule has 0 aliphatic heterocycles. The van der Waals surface area contributed by atoms with E-state index in [1.165, 1.54) is 17.4 Å². The van der Waals surface area contributed by atoms with E-state index in [1.807, 2.05) is 6.92 Å². The van der Waals surface area contributed by atoms with E-state index in [-0.39, 0.29) is 5.76 Å². The largest absolute Gasteiger partial charge is 0.419 e. The average Bonchev–Trinajstić information content (AvgIpc) is 3.08. The van der Waals surface area contributed by atoms with Crippen LogP contribution in [0.1, 0.15) is 54.8 Å². The van der Waals surface area contributed by atoms with E-state index in [1.54, 1.807) is 6.92 Å². The van der Waals surface area contributed by atoms with Crippen LogP contribution in [0.4, 0.5) is 0 Å². The van der Waals surface area contributed by atoms with Crippen molar-refractivity contribution in [2.24, 2.45) is 0 Å². The predicted octanol–water partition coefficient (Wildman–Crippen LogP) is 2.15. The Kier molecular flexibility index (Phi) is 3.00.